The fraction of sp³-hybridized carbons (Fsp3) is 0.250. The molecular formula is C8H9ClFN. The first kappa shape index (κ1) is 8.34. The van der Waals surface area contributed by atoms with Crippen molar-refractivity contribution in [2.24, 2.45) is 0 Å². The van der Waals surface area contributed by atoms with Crippen molar-refractivity contribution in [1.29, 1.82) is 0 Å². The summed E-state index contributed by atoms with van der Waals surface area (Å²) in [6, 6.07) is 3.11. The van der Waals surface area contributed by atoms with E-state index in [4.69, 9.17) is 11.6 Å². The number of hydrogen-bond donors (Lipinski definition) is 1. The zero-order valence-corrected chi connectivity index (χ0v) is 7.17. The monoisotopic (exact) mass is 173 g/mol. The molecule has 0 spiro atoms. The van der Waals surface area contributed by atoms with Crippen LogP contribution in [0.25, 0.3) is 0 Å². The number of halogens is 2. The van der Waals surface area contributed by atoms with Gasteiger partial charge in [-0.05, 0) is 19.1 Å². The third kappa shape index (κ3) is 1.63. The van der Waals surface area contributed by atoms with Crippen molar-refractivity contribution >= 4 is 17.3 Å². The third-order valence-corrected chi connectivity index (χ3v) is 1.96. The van der Waals surface area contributed by atoms with E-state index < -0.39 is 0 Å². The van der Waals surface area contributed by atoms with E-state index in [0.29, 0.717) is 16.3 Å². The van der Waals surface area contributed by atoms with Gasteiger partial charge in [-0.1, -0.05) is 11.6 Å². The highest BCUT2D eigenvalue weighted by molar-refractivity contribution is 6.31. The molecule has 0 radical (unpaired) electrons. The largest absolute Gasteiger partial charge is 0.388 e. The normalized spacial score (nSPS) is 9.82. The number of anilines is 1. The predicted molar refractivity (Wildman–Crippen MR) is 45.7 cm³/mol. The summed E-state index contributed by atoms with van der Waals surface area (Å²) in [4.78, 5) is 0. The highest BCUT2D eigenvalue weighted by Gasteiger charge is 2.03. The Kier molecular flexibility index (Phi) is 2.35. The van der Waals surface area contributed by atoms with Crippen molar-refractivity contribution < 1.29 is 4.39 Å². The molecule has 1 rings (SSSR count). The molecule has 0 aliphatic rings. The van der Waals surface area contributed by atoms with Gasteiger partial charge in [-0.15, -0.1) is 0 Å². The van der Waals surface area contributed by atoms with Crippen LogP contribution in [0, 0.1) is 12.7 Å². The van der Waals surface area contributed by atoms with E-state index in [1.54, 1.807) is 20.0 Å². The van der Waals surface area contributed by atoms with Crippen LogP contribution in [0.5, 0.6) is 0 Å². The van der Waals surface area contributed by atoms with Gasteiger partial charge >= 0.3 is 0 Å². The van der Waals surface area contributed by atoms with E-state index in [9.17, 15) is 4.39 Å². The Hall–Kier alpha value is -0.760. The zero-order chi connectivity index (χ0) is 8.43. The van der Waals surface area contributed by atoms with Crippen LogP contribution in [0.2, 0.25) is 5.02 Å². The summed E-state index contributed by atoms with van der Waals surface area (Å²) in [6.45, 7) is 1.65. The molecular weight excluding hydrogens is 165 g/mol. The summed E-state index contributed by atoms with van der Waals surface area (Å²) >= 11 is 5.72. The van der Waals surface area contributed by atoms with Gasteiger partial charge in [-0.3, -0.25) is 0 Å². The number of benzene rings is 1. The molecule has 0 aliphatic heterocycles. The lowest BCUT2D eigenvalue weighted by atomic mass is 10.2. The molecule has 0 amide bonds. The summed E-state index contributed by atoms with van der Waals surface area (Å²) in [5.41, 5.74) is 1.18. The van der Waals surface area contributed by atoms with Crippen molar-refractivity contribution in [3.05, 3.63) is 28.5 Å². The van der Waals surface area contributed by atoms with Gasteiger partial charge in [0.25, 0.3) is 0 Å². The first-order valence-corrected chi connectivity index (χ1v) is 3.66. The molecule has 60 valence electrons. The van der Waals surface area contributed by atoms with Gasteiger partial charge in [0.15, 0.2) is 0 Å². The summed E-state index contributed by atoms with van der Waals surface area (Å²) in [5, 5.41) is 3.26. The second kappa shape index (κ2) is 3.09. The quantitative estimate of drug-likeness (QED) is 0.689. The summed E-state index contributed by atoms with van der Waals surface area (Å²) in [7, 11) is 1.72. The topological polar surface area (TPSA) is 12.0 Å². The number of rotatable bonds is 1. The molecule has 1 nitrogen and oxygen atoms in total. The lowest BCUT2D eigenvalue weighted by Crippen LogP contribution is -1.91. The Morgan fingerprint density at radius 2 is 2.09 bits per heavy atom. The zero-order valence-electron chi connectivity index (χ0n) is 6.41. The molecule has 0 aromatic heterocycles. The van der Waals surface area contributed by atoms with E-state index >= 15 is 0 Å². The van der Waals surface area contributed by atoms with Crippen LogP contribution < -0.4 is 5.32 Å². The molecule has 3 heteroatoms. The molecule has 0 aliphatic carbocycles. The van der Waals surface area contributed by atoms with Gasteiger partial charge in [-0.25, -0.2) is 4.39 Å². The van der Waals surface area contributed by atoms with E-state index in [-0.39, 0.29) is 5.82 Å². The molecule has 0 bridgehead atoms. The fourth-order valence-electron chi connectivity index (χ4n) is 0.790. The Morgan fingerprint density at radius 1 is 1.45 bits per heavy atom. The second-order valence-corrected chi connectivity index (χ2v) is 2.72. The lowest BCUT2D eigenvalue weighted by molar-refractivity contribution is 0.619. The van der Waals surface area contributed by atoms with Crippen molar-refractivity contribution in [2.45, 2.75) is 6.92 Å². The van der Waals surface area contributed by atoms with Crippen molar-refractivity contribution in [3.8, 4) is 0 Å². The maximum Gasteiger partial charge on any atom is 0.129 e. The molecule has 0 fully saturated rings. The average molecular weight is 174 g/mol. The van der Waals surface area contributed by atoms with Crippen LogP contribution in [-0.2, 0) is 0 Å². The molecule has 1 aromatic rings. The SMILES string of the molecule is CNc1cc(F)c(C)c(Cl)c1. The lowest BCUT2D eigenvalue weighted by Gasteiger charge is -2.03. The van der Waals surface area contributed by atoms with Crippen LogP contribution in [-0.4, -0.2) is 7.05 Å². The van der Waals surface area contributed by atoms with Crippen molar-refractivity contribution in [1.82, 2.24) is 0 Å². The Morgan fingerprint density at radius 3 is 2.55 bits per heavy atom. The van der Waals surface area contributed by atoms with Gasteiger partial charge in [0.2, 0.25) is 0 Å². The first-order chi connectivity index (χ1) is 5.15. The van der Waals surface area contributed by atoms with Crippen molar-refractivity contribution in [3.63, 3.8) is 0 Å². The fourth-order valence-corrected chi connectivity index (χ4v) is 0.997. The second-order valence-electron chi connectivity index (χ2n) is 2.31. The Bertz CT molecular complexity index is 250. The molecule has 0 heterocycles. The maximum atomic E-state index is 12.9. The molecule has 1 N–H and O–H groups in total. The molecule has 0 atom stereocenters. The Labute approximate surface area is 70.2 Å². The first-order valence-electron chi connectivity index (χ1n) is 3.28. The predicted octanol–water partition coefficient (Wildman–Crippen LogP) is 2.83. The van der Waals surface area contributed by atoms with Crippen LogP contribution in [0.1, 0.15) is 5.56 Å². The van der Waals surface area contributed by atoms with Gasteiger partial charge in [-0.2, -0.15) is 0 Å². The number of hydrogen-bond acceptors (Lipinski definition) is 1. The standard InChI is InChI=1S/C8H9ClFN/c1-5-7(9)3-6(11-2)4-8(5)10/h3-4,11H,1-2H3. The van der Waals surface area contributed by atoms with E-state index in [1.165, 1.54) is 6.07 Å². The Balaban J connectivity index is 3.21. The van der Waals surface area contributed by atoms with Gasteiger partial charge in [0, 0.05) is 23.3 Å². The van der Waals surface area contributed by atoms with Crippen LogP contribution in [0.15, 0.2) is 12.1 Å². The summed E-state index contributed by atoms with van der Waals surface area (Å²) < 4.78 is 12.9. The van der Waals surface area contributed by atoms with Crippen molar-refractivity contribution in [2.75, 3.05) is 12.4 Å². The molecule has 0 unspecified atom stereocenters. The van der Waals surface area contributed by atoms with Gasteiger partial charge in [0.1, 0.15) is 5.82 Å². The van der Waals surface area contributed by atoms with Crippen LogP contribution in [0.3, 0.4) is 0 Å². The molecule has 1 aromatic carbocycles. The van der Waals surface area contributed by atoms with Gasteiger partial charge < -0.3 is 5.32 Å². The minimum atomic E-state index is -0.276. The summed E-state index contributed by atoms with van der Waals surface area (Å²) in [6.07, 6.45) is 0. The third-order valence-electron chi connectivity index (χ3n) is 1.57. The van der Waals surface area contributed by atoms with Gasteiger partial charge in [0.05, 0.1) is 0 Å². The highest BCUT2D eigenvalue weighted by Crippen LogP contribution is 2.22. The number of nitrogens with one attached hydrogen (secondary N) is 1. The minimum absolute atomic E-state index is 0.276. The molecule has 0 saturated carbocycles. The van der Waals surface area contributed by atoms with Crippen LogP contribution >= 0.6 is 11.6 Å². The van der Waals surface area contributed by atoms with E-state index in [1.807, 2.05) is 0 Å². The maximum absolute atomic E-state index is 12.9. The summed E-state index contributed by atoms with van der Waals surface area (Å²) in [5.74, 6) is -0.276. The smallest absolute Gasteiger partial charge is 0.129 e. The molecule has 11 heavy (non-hydrogen) atoms. The van der Waals surface area contributed by atoms with E-state index in [2.05, 4.69) is 5.32 Å². The average Bonchev–Trinajstić information content (AvgIpc) is 1.99. The van der Waals surface area contributed by atoms with Crippen LogP contribution in [0.4, 0.5) is 10.1 Å². The minimum Gasteiger partial charge on any atom is -0.388 e. The highest BCUT2D eigenvalue weighted by atomic mass is 35.5. The molecule has 0 saturated heterocycles. The van der Waals surface area contributed by atoms with E-state index in [0.717, 1.165) is 0 Å².